The van der Waals surface area contributed by atoms with Crippen LogP contribution in [0.15, 0.2) is 29.4 Å². The van der Waals surface area contributed by atoms with Crippen LogP contribution in [-0.4, -0.2) is 18.6 Å². The normalized spacial score (nSPS) is 11.6. The van der Waals surface area contributed by atoms with Gasteiger partial charge in [0.25, 0.3) is 0 Å². The summed E-state index contributed by atoms with van der Waals surface area (Å²) in [7, 11) is 0. The van der Waals surface area contributed by atoms with Crippen molar-refractivity contribution in [1.82, 2.24) is 0 Å². The predicted octanol–water partition coefficient (Wildman–Crippen LogP) is 3.63. The molecule has 0 aliphatic carbocycles. The summed E-state index contributed by atoms with van der Waals surface area (Å²) in [6.07, 6.45) is 0. The number of hydrogen-bond donors (Lipinski definition) is 1. The van der Waals surface area contributed by atoms with Gasteiger partial charge in [-0.3, -0.25) is 0 Å². The number of carbonyl (C=O) groups is 1. The molecule has 0 heterocycles. The molecule has 6 nitrogen and oxygen atoms in total. The minimum absolute atomic E-state index is 0.284. The molecule has 0 aliphatic rings. The van der Waals surface area contributed by atoms with E-state index >= 15 is 0 Å². The molecule has 0 unspecified atom stereocenters. The number of nitrogens with one attached hydrogen (secondary N) is 1. The Balaban J connectivity index is 2.53. The zero-order chi connectivity index (χ0) is 14.3. The van der Waals surface area contributed by atoms with Crippen LogP contribution < -0.4 is 5.32 Å². The third-order valence-corrected chi connectivity index (χ3v) is 2.32. The lowest BCUT2D eigenvalue weighted by atomic mass is 10.2. The number of esters is 1. The average Bonchev–Trinajstić information content (AvgIpc) is 2.38. The monoisotopic (exact) mass is 262 g/mol. The highest BCUT2D eigenvalue weighted by atomic mass is 16.5. The van der Waals surface area contributed by atoms with Gasteiger partial charge in [-0.1, -0.05) is 31.1 Å². The van der Waals surface area contributed by atoms with Crippen molar-refractivity contribution in [3.63, 3.8) is 0 Å². The number of ether oxygens (including phenoxy) is 1. The lowest BCUT2D eigenvalue weighted by molar-refractivity contribution is -0.145. The fourth-order valence-corrected chi connectivity index (χ4v) is 1.36. The third kappa shape index (κ3) is 5.31. The molecule has 1 aromatic rings. The molecule has 0 bridgehead atoms. The number of azide groups is 1. The first-order valence-electron chi connectivity index (χ1n) is 6.11. The predicted molar refractivity (Wildman–Crippen MR) is 74.1 cm³/mol. The van der Waals surface area contributed by atoms with E-state index in [2.05, 4.69) is 15.3 Å². The molecule has 1 atom stereocenters. The smallest absolute Gasteiger partial charge is 0.328 e. The summed E-state index contributed by atoms with van der Waals surface area (Å²) < 4.78 is 5.13. The van der Waals surface area contributed by atoms with E-state index < -0.39 is 6.04 Å². The number of rotatable bonds is 6. The highest BCUT2D eigenvalue weighted by Gasteiger charge is 2.14. The van der Waals surface area contributed by atoms with Crippen molar-refractivity contribution in [3.05, 3.63) is 34.7 Å². The van der Waals surface area contributed by atoms with Gasteiger partial charge in [0.05, 0.1) is 6.61 Å². The number of anilines is 1. The van der Waals surface area contributed by atoms with Crippen molar-refractivity contribution >= 4 is 17.3 Å². The second-order valence-electron chi connectivity index (χ2n) is 4.63. The zero-order valence-corrected chi connectivity index (χ0v) is 11.3. The maximum atomic E-state index is 11.7. The fraction of sp³-hybridized carbons (Fsp3) is 0.462. The van der Waals surface area contributed by atoms with Gasteiger partial charge in [-0.2, -0.15) is 0 Å². The molecule has 6 heteroatoms. The van der Waals surface area contributed by atoms with Gasteiger partial charge in [0.2, 0.25) is 0 Å². The van der Waals surface area contributed by atoms with Gasteiger partial charge in [-0.25, -0.2) is 4.79 Å². The van der Waals surface area contributed by atoms with Gasteiger partial charge in [-0.15, -0.1) is 0 Å². The Hall–Kier alpha value is -2.20. The van der Waals surface area contributed by atoms with Crippen molar-refractivity contribution in [2.45, 2.75) is 26.8 Å². The standard InChI is InChI=1S/C13H18N4O2/c1-9(2)8-19-13(18)10(3)15-11-4-6-12(7-5-11)16-17-14/h4-7,9-10,15H,8H2,1-3H3/t10-/m0/s1. The second-order valence-corrected chi connectivity index (χ2v) is 4.63. The van der Waals surface area contributed by atoms with E-state index in [1.54, 1.807) is 31.2 Å². The van der Waals surface area contributed by atoms with E-state index in [4.69, 9.17) is 10.3 Å². The van der Waals surface area contributed by atoms with E-state index in [0.29, 0.717) is 18.2 Å². The average molecular weight is 262 g/mol. The lowest BCUT2D eigenvalue weighted by Crippen LogP contribution is -2.29. The Morgan fingerprint density at radius 1 is 1.37 bits per heavy atom. The summed E-state index contributed by atoms with van der Waals surface area (Å²) in [5, 5.41) is 6.50. The summed E-state index contributed by atoms with van der Waals surface area (Å²) >= 11 is 0. The zero-order valence-electron chi connectivity index (χ0n) is 11.3. The lowest BCUT2D eigenvalue weighted by Gasteiger charge is -2.15. The molecular formula is C13H18N4O2. The molecule has 1 rings (SSSR count). The molecule has 0 amide bonds. The molecule has 0 spiro atoms. The van der Waals surface area contributed by atoms with Gasteiger partial charge in [-0.05, 0) is 30.5 Å². The van der Waals surface area contributed by atoms with Crippen LogP contribution >= 0.6 is 0 Å². The topological polar surface area (TPSA) is 87.1 Å². The SMILES string of the molecule is CC(C)COC(=O)[C@H](C)Nc1ccc(N=[N+]=[N-])cc1. The number of carbonyl (C=O) groups excluding carboxylic acids is 1. The molecule has 102 valence electrons. The summed E-state index contributed by atoms with van der Waals surface area (Å²) in [6, 6.07) is 6.42. The molecule has 0 aromatic heterocycles. The van der Waals surface area contributed by atoms with Crippen LogP contribution in [0.2, 0.25) is 0 Å². The minimum atomic E-state index is -0.427. The van der Waals surface area contributed by atoms with E-state index in [1.807, 2.05) is 13.8 Å². The maximum Gasteiger partial charge on any atom is 0.328 e. The minimum Gasteiger partial charge on any atom is -0.464 e. The van der Waals surface area contributed by atoms with Gasteiger partial charge in [0.1, 0.15) is 6.04 Å². The second kappa shape index (κ2) is 7.28. The van der Waals surface area contributed by atoms with Crippen LogP contribution in [0.4, 0.5) is 11.4 Å². The van der Waals surface area contributed by atoms with Crippen LogP contribution in [0.25, 0.3) is 10.4 Å². The fourth-order valence-electron chi connectivity index (χ4n) is 1.36. The first-order chi connectivity index (χ1) is 9.02. The Labute approximate surface area is 112 Å². The molecule has 1 N–H and O–H groups in total. The van der Waals surface area contributed by atoms with Crippen LogP contribution in [0, 0.1) is 5.92 Å². The Kier molecular flexibility index (Phi) is 5.70. The Morgan fingerprint density at radius 2 is 2.00 bits per heavy atom. The number of nitrogens with zero attached hydrogens (tertiary/aromatic N) is 3. The van der Waals surface area contributed by atoms with E-state index in [-0.39, 0.29) is 5.97 Å². The quantitative estimate of drug-likeness (QED) is 0.367. The highest BCUT2D eigenvalue weighted by molar-refractivity contribution is 5.78. The van der Waals surface area contributed by atoms with E-state index in [9.17, 15) is 4.79 Å². The van der Waals surface area contributed by atoms with Crippen molar-refractivity contribution in [2.75, 3.05) is 11.9 Å². The van der Waals surface area contributed by atoms with Crippen LogP contribution in [-0.2, 0) is 9.53 Å². The molecule has 0 fully saturated rings. The molecular weight excluding hydrogens is 244 g/mol. The van der Waals surface area contributed by atoms with Crippen molar-refractivity contribution in [2.24, 2.45) is 11.0 Å². The summed E-state index contributed by atoms with van der Waals surface area (Å²) in [6.45, 7) is 6.13. The Bertz CT molecular complexity index is 464. The van der Waals surface area contributed by atoms with Crippen LogP contribution in [0.1, 0.15) is 20.8 Å². The maximum absolute atomic E-state index is 11.7. The van der Waals surface area contributed by atoms with Gasteiger partial charge >= 0.3 is 5.97 Å². The Morgan fingerprint density at radius 3 is 2.53 bits per heavy atom. The van der Waals surface area contributed by atoms with Crippen LogP contribution in [0.3, 0.4) is 0 Å². The highest BCUT2D eigenvalue weighted by Crippen LogP contribution is 2.17. The summed E-state index contributed by atoms with van der Waals surface area (Å²) in [5.41, 5.74) is 9.59. The first-order valence-corrected chi connectivity index (χ1v) is 6.11. The largest absolute Gasteiger partial charge is 0.464 e. The van der Waals surface area contributed by atoms with Crippen molar-refractivity contribution in [1.29, 1.82) is 0 Å². The number of benzene rings is 1. The molecule has 0 radical (unpaired) electrons. The number of hydrogen-bond acceptors (Lipinski definition) is 4. The van der Waals surface area contributed by atoms with Crippen molar-refractivity contribution < 1.29 is 9.53 Å². The molecule has 0 saturated carbocycles. The van der Waals surface area contributed by atoms with Gasteiger partial charge in [0.15, 0.2) is 0 Å². The molecule has 19 heavy (non-hydrogen) atoms. The summed E-state index contributed by atoms with van der Waals surface area (Å²) in [5.74, 6) is 0.0344. The van der Waals surface area contributed by atoms with Crippen LogP contribution in [0.5, 0.6) is 0 Å². The molecule has 0 aliphatic heterocycles. The van der Waals surface area contributed by atoms with Gasteiger partial charge < -0.3 is 10.1 Å². The van der Waals surface area contributed by atoms with Crippen molar-refractivity contribution in [3.8, 4) is 0 Å². The first kappa shape index (κ1) is 14.9. The van der Waals surface area contributed by atoms with E-state index in [1.165, 1.54) is 0 Å². The summed E-state index contributed by atoms with van der Waals surface area (Å²) in [4.78, 5) is 14.4. The van der Waals surface area contributed by atoms with E-state index in [0.717, 1.165) is 5.69 Å². The molecule has 1 aromatic carbocycles. The molecule has 0 saturated heterocycles. The van der Waals surface area contributed by atoms with Gasteiger partial charge in [0, 0.05) is 16.3 Å². The third-order valence-electron chi connectivity index (χ3n) is 2.32.